The zero-order valence-corrected chi connectivity index (χ0v) is 73.4. The van der Waals surface area contributed by atoms with Gasteiger partial charge in [0, 0.05) is 174 Å². The molecule has 6 nitrogen and oxygen atoms in total. The smallest absolute Gasteiger partial charge is 0.252 e. The van der Waals surface area contributed by atoms with Gasteiger partial charge in [0.15, 0.2) is 0 Å². The number of nitrogens with zero attached hydrogens (tertiary/aromatic N) is 6. The summed E-state index contributed by atoms with van der Waals surface area (Å²) >= 11 is 11.4. The Hall–Kier alpha value is -14.2. The molecular formula is C114H68B2N6S6. The second-order valence-corrected chi connectivity index (χ2v) is 40.9. The van der Waals surface area contributed by atoms with Crippen molar-refractivity contribution < 1.29 is 0 Å². The zero-order valence-electron chi connectivity index (χ0n) is 68.5. The van der Waals surface area contributed by atoms with Crippen LogP contribution in [-0.2, 0) is 0 Å². The molecule has 5 aliphatic heterocycles. The molecule has 0 saturated heterocycles. The van der Waals surface area contributed by atoms with Gasteiger partial charge in [0.25, 0.3) is 13.4 Å². The summed E-state index contributed by atoms with van der Waals surface area (Å²) in [5, 5.41) is 12.7. The van der Waals surface area contributed by atoms with Crippen molar-refractivity contribution >= 4 is 318 Å². The van der Waals surface area contributed by atoms with E-state index in [1.807, 2.05) is 68.4 Å². The van der Waals surface area contributed by atoms with E-state index in [0.717, 1.165) is 102 Å². The number of fused-ring (bicyclic) bond motifs is 26. The van der Waals surface area contributed by atoms with Gasteiger partial charge in [0.2, 0.25) is 0 Å². The summed E-state index contributed by atoms with van der Waals surface area (Å²) in [6, 6.07) is 145. The zero-order chi connectivity index (χ0) is 83.2. The second kappa shape index (κ2) is 27.7. The van der Waals surface area contributed by atoms with E-state index in [1.54, 1.807) is 0 Å². The average molecular weight is 1740 g/mol. The summed E-state index contributed by atoms with van der Waals surface area (Å²) in [6.45, 7) is -0.598. The topological polar surface area (TPSA) is 19.4 Å². The lowest BCUT2D eigenvalue weighted by molar-refractivity contribution is 0.880. The van der Waals surface area contributed by atoms with Crippen LogP contribution in [0, 0.1) is 0 Å². The minimum atomic E-state index is -0.301. The first-order valence-corrected chi connectivity index (χ1v) is 48.8. The standard InChI is InChI=1S/C114H68B2N6S6/c1-3-29-67(30-4-1)117(84-44-24-56-102-107(84)73-34-8-18-51-97(73)123-102)69-61-92-112-94(62-69)121(87-47-27-59-105-110(87)76-37-11-21-54-100(76)126-105)90-66-91-81(65-80(90)115(112)78-40-13-15-42-82(78)119(92)85-45-25-57-103-108(85)74-35-9-19-52-98(74)124-103)116-79-41-14-16-43-83(79)120(86-46-26-58-104-109(86)75-36-10-20-53-99(75)125-104)93-63-70(64-95(113(93)116)122(91)88-48-28-60-106-111(88)77-38-12-22-55-101(77)127-106)118(68-31-5-2-6-32-68)89-49-23-39-72-71-33-7-17-50-96(71)128-114(72)89/h1-66,71,96H. The number of hydrogen-bond donors (Lipinski definition) is 0. The van der Waals surface area contributed by atoms with Crippen molar-refractivity contribution in [2.75, 3.05) is 29.4 Å². The molecule has 2 unspecified atom stereocenters. The second-order valence-electron chi connectivity index (χ2n) is 34.2. The molecule has 0 amide bonds. The molecule has 0 spiro atoms. The lowest BCUT2D eigenvalue weighted by atomic mass is 9.30. The van der Waals surface area contributed by atoms with Crippen molar-refractivity contribution in [2.24, 2.45) is 0 Å². The molecule has 10 heterocycles. The van der Waals surface area contributed by atoms with E-state index in [4.69, 9.17) is 0 Å². The first kappa shape index (κ1) is 72.0. The molecule has 29 rings (SSSR count). The maximum absolute atomic E-state index is 2.77. The predicted molar refractivity (Wildman–Crippen MR) is 559 cm³/mol. The van der Waals surface area contributed by atoms with Crippen LogP contribution in [0.1, 0.15) is 11.5 Å². The van der Waals surface area contributed by atoms with Crippen LogP contribution in [0.15, 0.2) is 405 Å². The summed E-state index contributed by atoms with van der Waals surface area (Å²) in [7, 11) is 0. The summed E-state index contributed by atoms with van der Waals surface area (Å²) in [6.07, 6.45) is 9.31. The Kier molecular flexibility index (Phi) is 15.6. The number of allylic oxidation sites excluding steroid dienone is 3. The highest BCUT2D eigenvalue weighted by Gasteiger charge is 2.51. The van der Waals surface area contributed by atoms with E-state index in [1.165, 1.54) is 144 Å². The van der Waals surface area contributed by atoms with Crippen LogP contribution < -0.4 is 62.2 Å². The third kappa shape index (κ3) is 10.3. The number of rotatable bonds is 10. The van der Waals surface area contributed by atoms with E-state index < -0.39 is 0 Å². The van der Waals surface area contributed by atoms with Crippen LogP contribution in [0.25, 0.3) is 101 Å². The Morgan fingerprint density at radius 1 is 0.227 bits per heavy atom. The Morgan fingerprint density at radius 3 is 0.977 bits per heavy atom. The fraction of sp³-hybridized carbons (Fsp3) is 0.0175. The monoisotopic (exact) mass is 1730 g/mol. The van der Waals surface area contributed by atoms with Gasteiger partial charge in [-0.15, -0.1) is 68.4 Å². The van der Waals surface area contributed by atoms with Gasteiger partial charge >= 0.3 is 0 Å². The number of benzene rings is 18. The quantitative estimate of drug-likeness (QED) is 0.126. The van der Waals surface area contributed by atoms with Gasteiger partial charge in [-0.25, -0.2) is 0 Å². The maximum Gasteiger partial charge on any atom is 0.252 e. The summed E-state index contributed by atoms with van der Waals surface area (Å²) in [5.74, 6) is 0.248. The molecule has 596 valence electrons. The molecule has 0 saturated carbocycles. The highest BCUT2D eigenvalue weighted by Crippen LogP contribution is 2.60. The van der Waals surface area contributed by atoms with Crippen molar-refractivity contribution in [3.8, 4) is 0 Å². The molecule has 0 N–H and O–H groups in total. The first-order valence-electron chi connectivity index (χ1n) is 43.8. The van der Waals surface area contributed by atoms with Crippen LogP contribution >= 0.6 is 68.4 Å². The SMILES string of the molecule is C1=CC2Sc3c(cccc3N(c3ccccc3)c3cc4c5c(c3)N(c3cccc6sc7ccccc7c36)c3cc6c(cc3B5c3ccccc3N4c3cccc4sc5ccccc5c34)B3c4ccccc4N(c4cccc5sc7ccccc7c45)c4cc(N(c5ccccc5)c5cccc7sc8ccccc8c57)cc(c43)N6c3cccc4sc5ccccc5c34)C2C=C1. The molecule has 0 radical (unpaired) electrons. The van der Waals surface area contributed by atoms with E-state index >= 15 is 0 Å². The Morgan fingerprint density at radius 2 is 0.547 bits per heavy atom. The fourth-order valence-corrected chi connectivity index (χ4v) is 29.7. The molecule has 1 aliphatic carbocycles. The molecule has 0 bridgehead atoms. The average Bonchev–Trinajstić information content (AvgIpc) is 0.776. The van der Waals surface area contributed by atoms with Crippen molar-refractivity contribution in [3.05, 3.63) is 406 Å². The Balaban J connectivity index is 0.782. The minimum absolute atomic E-state index is 0.248. The summed E-state index contributed by atoms with van der Waals surface area (Å²) in [5.41, 5.74) is 29.0. The predicted octanol–water partition coefficient (Wildman–Crippen LogP) is 30.3. The molecule has 5 aromatic heterocycles. The van der Waals surface area contributed by atoms with Gasteiger partial charge in [-0.2, -0.15) is 0 Å². The first-order chi connectivity index (χ1) is 63.5. The number of hydrogen-bond acceptors (Lipinski definition) is 12. The van der Waals surface area contributed by atoms with Gasteiger partial charge in [0.05, 0.1) is 45.5 Å². The number of thioether (sulfide) groups is 1. The van der Waals surface area contributed by atoms with Crippen molar-refractivity contribution in [3.63, 3.8) is 0 Å². The highest BCUT2D eigenvalue weighted by molar-refractivity contribution is 8.00. The normalized spacial score (nSPS) is 15.0. The largest absolute Gasteiger partial charge is 0.311 e. The van der Waals surface area contributed by atoms with E-state index in [0.29, 0.717) is 0 Å². The molecule has 2 atom stereocenters. The van der Waals surface area contributed by atoms with Crippen LogP contribution in [0.2, 0.25) is 0 Å². The van der Waals surface area contributed by atoms with Crippen LogP contribution in [0.3, 0.4) is 0 Å². The van der Waals surface area contributed by atoms with Crippen LogP contribution in [0.4, 0.5) is 102 Å². The fourth-order valence-electron chi connectivity index (χ4n) is 22.6. The van der Waals surface area contributed by atoms with Crippen molar-refractivity contribution in [1.29, 1.82) is 0 Å². The van der Waals surface area contributed by atoms with Gasteiger partial charge in [0.1, 0.15) is 0 Å². The maximum atomic E-state index is 2.77. The van der Waals surface area contributed by atoms with Gasteiger partial charge < -0.3 is 29.4 Å². The summed E-state index contributed by atoms with van der Waals surface area (Å²) < 4.78 is 12.5. The van der Waals surface area contributed by atoms with Crippen LogP contribution in [-0.4, -0.2) is 18.7 Å². The third-order valence-corrected chi connectivity index (χ3v) is 34.7. The molecule has 14 heteroatoms. The van der Waals surface area contributed by atoms with E-state index in [-0.39, 0.29) is 24.6 Å². The highest BCUT2D eigenvalue weighted by atomic mass is 32.2. The van der Waals surface area contributed by atoms with Gasteiger partial charge in [-0.3, -0.25) is 0 Å². The summed E-state index contributed by atoms with van der Waals surface area (Å²) in [4.78, 5) is 17.4. The Bertz CT molecular complexity index is 8830. The minimum Gasteiger partial charge on any atom is -0.311 e. The number of anilines is 18. The van der Waals surface area contributed by atoms with Crippen molar-refractivity contribution in [2.45, 2.75) is 16.1 Å². The van der Waals surface area contributed by atoms with E-state index in [9.17, 15) is 0 Å². The van der Waals surface area contributed by atoms with Gasteiger partial charge in [-0.1, -0.05) is 237 Å². The molecular weight excluding hydrogens is 1670 g/mol. The number of thiophene rings is 5. The molecule has 0 fully saturated rings. The van der Waals surface area contributed by atoms with E-state index in [2.05, 4.69) is 430 Å². The molecule has 128 heavy (non-hydrogen) atoms. The lowest BCUT2D eigenvalue weighted by Gasteiger charge is -2.48. The molecule has 23 aromatic rings. The van der Waals surface area contributed by atoms with Gasteiger partial charge in [-0.05, 0) is 202 Å². The third-order valence-electron chi connectivity index (χ3n) is 27.7. The lowest BCUT2D eigenvalue weighted by Crippen LogP contribution is -2.65. The number of para-hydroxylation sites is 4. The Labute approximate surface area is 762 Å². The molecule has 6 aliphatic rings. The molecule has 18 aromatic carbocycles. The van der Waals surface area contributed by atoms with Crippen LogP contribution in [0.5, 0.6) is 0 Å². The van der Waals surface area contributed by atoms with Crippen molar-refractivity contribution in [1.82, 2.24) is 0 Å².